The molecule has 0 N–H and O–H groups in total. The van der Waals surface area contributed by atoms with Crippen LogP contribution in [0.25, 0.3) is 0 Å². The second kappa shape index (κ2) is 10.9. The first kappa shape index (κ1) is 23.4. The molecule has 0 heterocycles. The first-order chi connectivity index (χ1) is 15.1. The highest BCUT2D eigenvalue weighted by Crippen LogP contribution is 2.36. The summed E-state index contributed by atoms with van der Waals surface area (Å²) in [6, 6.07) is 32.7. The molecule has 0 fully saturated rings. The Morgan fingerprint density at radius 3 is 1.77 bits per heavy atom. The summed E-state index contributed by atoms with van der Waals surface area (Å²) < 4.78 is 5.05. The van der Waals surface area contributed by atoms with Crippen LogP contribution in [0.15, 0.2) is 78.9 Å². The number of hydrogen-bond donors (Lipinski definition) is 0. The van der Waals surface area contributed by atoms with E-state index in [1.165, 1.54) is 46.7 Å². The van der Waals surface area contributed by atoms with Gasteiger partial charge in [0.15, 0.2) is 0 Å². The van der Waals surface area contributed by atoms with Gasteiger partial charge in [-0.05, 0) is 47.6 Å². The van der Waals surface area contributed by atoms with Gasteiger partial charge in [0.05, 0.1) is 20.7 Å². The molecular weight excluding hydrogens is 415 g/mol. The number of methoxy groups -OCH3 is 1. The van der Waals surface area contributed by atoms with E-state index in [-0.39, 0.29) is 5.97 Å². The topological polar surface area (TPSA) is 26.3 Å². The van der Waals surface area contributed by atoms with Crippen molar-refractivity contribution in [2.24, 2.45) is 0 Å². The molecule has 0 atom stereocenters. The largest absolute Gasteiger partial charge is 0.465 e. The summed E-state index contributed by atoms with van der Waals surface area (Å²) >= 11 is 0. The molecule has 0 aliphatic rings. The van der Waals surface area contributed by atoms with Gasteiger partial charge < -0.3 is 4.74 Å². The predicted molar refractivity (Wildman–Crippen MR) is 137 cm³/mol. The van der Waals surface area contributed by atoms with Gasteiger partial charge in [-0.15, -0.1) is 0 Å². The monoisotopic (exact) mass is 448 g/mol. The summed E-state index contributed by atoms with van der Waals surface area (Å²) in [6.07, 6.45) is 0. The van der Waals surface area contributed by atoms with Crippen molar-refractivity contribution in [2.45, 2.75) is 44.9 Å². The van der Waals surface area contributed by atoms with Crippen LogP contribution in [0.3, 0.4) is 0 Å². The maximum Gasteiger partial charge on any atom is 0.337 e. The lowest BCUT2D eigenvalue weighted by molar-refractivity contribution is 0.0600. The zero-order chi connectivity index (χ0) is 22.3. The highest BCUT2D eigenvalue weighted by molar-refractivity contribution is 7.79. The minimum absolute atomic E-state index is 0.256. The quantitative estimate of drug-likeness (QED) is 0.234. The van der Waals surface area contributed by atoms with Crippen molar-refractivity contribution < 1.29 is 9.53 Å². The molecule has 4 heteroatoms. The minimum Gasteiger partial charge on any atom is -0.465 e. The molecule has 31 heavy (non-hydrogen) atoms. The number of carbonyl (C=O) groups is 1. The fraction of sp³-hybridized carbons (Fsp3) is 0.296. The molecule has 162 valence electrons. The third kappa shape index (κ3) is 5.34. The normalized spacial score (nSPS) is 11.5. The van der Waals surface area contributed by atoms with Gasteiger partial charge in [0, 0.05) is 0 Å². The Kier molecular flexibility index (Phi) is 8.23. The lowest BCUT2D eigenvalue weighted by atomic mass is 10.1. The van der Waals surface area contributed by atoms with E-state index in [0.29, 0.717) is 5.56 Å². The Balaban J connectivity index is 2.22. The SMILES string of the molecule is CC[Si](CC)(CC)Cc1cc(C(=O)OC)ccc1P(c1ccccc1)c1ccccc1. The number of benzene rings is 3. The van der Waals surface area contributed by atoms with Crippen molar-refractivity contribution in [1.82, 2.24) is 0 Å². The fourth-order valence-corrected chi connectivity index (χ4v) is 10.2. The van der Waals surface area contributed by atoms with Crippen molar-refractivity contribution in [3.8, 4) is 0 Å². The second-order valence-corrected chi connectivity index (χ2v) is 15.7. The number of carbonyl (C=O) groups excluding carboxylic acids is 1. The molecule has 3 rings (SSSR count). The van der Waals surface area contributed by atoms with Crippen LogP contribution >= 0.6 is 7.92 Å². The summed E-state index contributed by atoms with van der Waals surface area (Å²) in [5, 5.41) is 4.05. The number of esters is 1. The van der Waals surface area contributed by atoms with Gasteiger partial charge in [-0.25, -0.2) is 4.79 Å². The fourth-order valence-electron chi connectivity index (χ4n) is 4.30. The van der Waals surface area contributed by atoms with Crippen LogP contribution in [0.5, 0.6) is 0 Å². The van der Waals surface area contributed by atoms with Crippen LogP contribution in [0, 0.1) is 0 Å². The molecule has 0 unspecified atom stereocenters. The highest BCUT2D eigenvalue weighted by atomic mass is 31.1. The van der Waals surface area contributed by atoms with E-state index >= 15 is 0 Å². The van der Waals surface area contributed by atoms with Crippen LogP contribution in [0.2, 0.25) is 18.1 Å². The maximum atomic E-state index is 12.4. The summed E-state index contributed by atoms with van der Waals surface area (Å²) in [4.78, 5) is 12.4. The molecule has 0 saturated heterocycles. The van der Waals surface area contributed by atoms with Crippen LogP contribution < -0.4 is 15.9 Å². The zero-order valence-electron chi connectivity index (χ0n) is 19.1. The Morgan fingerprint density at radius 1 is 0.806 bits per heavy atom. The van der Waals surface area contributed by atoms with Gasteiger partial charge in [0.2, 0.25) is 0 Å². The zero-order valence-corrected chi connectivity index (χ0v) is 21.0. The first-order valence-electron chi connectivity index (χ1n) is 11.2. The van der Waals surface area contributed by atoms with E-state index in [0.717, 1.165) is 6.04 Å². The smallest absolute Gasteiger partial charge is 0.337 e. The van der Waals surface area contributed by atoms with Gasteiger partial charge in [-0.3, -0.25) is 0 Å². The molecular formula is C27H33O2PSi. The summed E-state index contributed by atoms with van der Waals surface area (Å²) in [5.41, 5.74) is 1.99. The van der Waals surface area contributed by atoms with Crippen molar-refractivity contribution in [3.63, 3.8) is 0 Å². The van der Waals surface area contributed by atoms with Crippen LogP contribution in [-0.4, -0.2) is 21.2 Å². The maximum absolute atomic E-state index is 12.4. The van der Waals surface area contributed by atoms with E-state index in [1.807, 2.05) is 6.07 Å². The first-order valence-corrected chi connectivity index (χ1v) is 15.4. The van der Waals surface area contributed by atoms with Gasteiger partial charge in [0.25, 0.3) is 0 Å². The average molecular weight is 449 g/mol. The van der Waals surface area contributed by atoms with Crippen molar-refractivity contribution in [2.75, 3.05) is 7.11 Å². The molecule has 0 aliphatic heterocycles. The van der Waals surface area contributed by atoms with Crippen LogP contribution in [0.1, 0.15) is 36.7 Å². The molecule has 0 spiro atoms. The van der Waals surface area contributed by atoms with E-state index in [9.17, 15) is 4.79 Å². The summed E-state index contributed by atoms with van der Waals surface area (Å²) in [6.45, 7) is 7.04. The summed E-state index contributed by atoms with van der Waals surface area (Å²) in [7, 11) is -0.689. The standard InChI is InChI=1S/C27H33O2PSi/c1-5-31(6-2,7-3)21-23-20-22(27(28)29-4)18-19-26(23)30(24-14-10-8-11-15-24)25-16-12-9-13-17-25/h8-20H,5-7,21H2,1-4H3. The average Bonchev–Trinajstić information content (AvgIpc) is 2.84. The molecule has 0 amide bonds. The van der Waals surface area contributed by atoms with E-state index in [2.05, 4.69) is 93.6 Å². The Labute approximate surface area is 189 Å². The number of ether oxygens (including phenoxy) is 1. The molecule has 0 aromatic heterocycles. The van der Waals surface area contributed by atoms with Crippen LogP contribution in [-0.2, 0) is 10.8 Å². The van der Waals surface area contributed by atoms with E-state index in [1.54, 1.807) is 0 Å². The van der Waals surface area contributed by atoms with Gasteiger partial charge in [0.1, 0.15) is 0 Å². The minimum atomic E-state index is -1.45. The van der Waals surface area contributed by atoms with Crippen LogP contribution in [0.4, 0.5) is 0 Å². The number of rotatable bonds is 9. The Morgan fingerprint density at radius 2 is 1.32 bits per heavy atom. The molecule has 0 radical (unpaired) electrons. The molecule has 3 aromatic carbocycles. The molecule has 2 nitrogen and oxygen atoms in total. The van der Waals surface area contributed by atoms with E-state index < -0.39 is 16.0 Å². The second-order valence-electron chi connectivity index (χ2n) is 8.08. The predicted octanol–water partition coefficient (Wildman–Crippen LogP) is 5.82. The molecule has 0 bridgehead atoms. The van der Waals surface area contributed by atoms with Crippen molar-refractivity contribution in [1.29, 1.82) is 0 Å². The van der Waals surface area contributed by atoms with Gasteiger partial charge in [-0.2, -0.15) is 0 Å². The third-order valence-electron chi connectivity index (χ3n) is 6.59. The molecule has 0 saturated carbocycles. The van der Waals surface area contributed by atoms with Gasteiger partial charge in [-0.1, -0.05) is 106 Å². The highest BCUT2D eigenvalue weighted by Gasteiger charge is 2.30. The van der Waals surface area contributed by atoms with Crippen molar-refractivity contribution >= 4 is 37.9 Å². The Bertz CT molecular complexity index is 937. The van der Waals surface area contributed by atoms with Crippen molar-refractivity contribution in [3.05, 3.63) is 90.0 Å². The van der Waals surface area contributed by atoms with E-state index in [4.69, 9.17) is 4.74 Å². The van der Waals surface area contributed by atoms with Gasteiger partial charge >= 0.3 is 5.97 Å². The molecule has 3 aromatic rings. The lowest BCUT2D eigenvalue weighted by Crippen LogP contribution is -2.37. The number of hydrogen-bond acceptors (Lipinski definition) is 2. The Hall–Kier alpha value is -2.22. The summed E-state index contributed by atoms with van der Waals surface area (Å²) in [5.74, 6) is -0.256. The third-order valence-corrected chi connectivity index (χ3v) is 14.8. The lowest BCUT2D eigenvalue weighted by Gasteiger charge is -2.31. The molecule has 0 aliphatic carbocycles.